The summed E-state index contributed by atoms with van der Waals surface area (Å²) in [6.45, 7) is 4.31. The lowest BCUT2D eigenvalue weighted by Crippen LogP contribution is -2.37. The summed E-state index contributed by atoms with van der Waals surface area (Å²) in [5.41, 5.74) is 2.20. The largest absolute Gasteiger partial charge is 0.308 e. The second-order valence-electron chi connectivity index (χ2n) is 4.99. The minimum Gasteiger partial charge on any atom is -0.308 e. The summed E-state index contributed by atoms with van der Waals surface area (Å²) in [4.78, 5) is 15.9. The average molecular weight is 295 g/mol. The Morgan fingerprint density at radius 3 is 2.62 bits per heavy atom. The van der Waals surface area contributed by atoms with Gasteiger partial charge >= 0.3 is 0 Å². The van der Waals surface area contributed by atoms with Crippen LogP contribution in [0.15, 0.2) is 72.1 Å². The number of anilines is 1. The van der Waals surface area contributed by atoms with Crippen molar-refractivity contribution in [2.45, 2.75) is 16.6 Å². The molecule has 3 rings (SSSR count). The molecule has 0 saturated carbocycles. The van der Waals surface area contributed by atoms with Crippen molar-refractivity contribution in [1.29, 1.82) is 0 Å². The molecule has 2 aromatic rings. The molecule has 1 amide bonds. The maximum atomic E-state index is 12.9. The Bertz CT molecular complexity index is 628. The topological polar surface area (TPSA) is 20.3 Å². The highest BCUT2D eigenvalue weighted by Gasteiger charge is 2.31. The molecule has 0 saturated heterocycles. The quantitative estimate of drug-likeness (QED) is 0.797. The molecule has 0 fully saturated rings. The van der Waals surface area contributed by atoms with Crippen LogP contribution in [0.25, 0.3) is 0 Å². The zero-order valence-electron chi connectivity index (χ0n) is 11.7. The Labute approximate surface area is 129 Å². The van der Waals surface area contributed by atoms with E-state index in [4.69, 9.17) is 0 Å². The lowest BCUT2D eigenvalue weighted by atomic mass is 10.1. The average Bonchev–Trinajstić information content (AvgIpc) is 2.97. The maximum Gasteiger partial charge on any atom is 0.241 e. The van der Waals surface area contributed by atoms with E-state index in [2.05, 4.69) is 18.7 Å². The van der Waals surface area contributed by atoms with E-state index in [1.165, 1.54) is 10.5 Å². The molecule has 0 bridgehead atoms. The van der Waals surface area contributed by atoms with Gasteiger partial charge < -0.3 is 4.90 Å². The van der Waals surface area contributed by atoms with Crippen molar-refractivity contribution >= 4 is 23.4 Å². The van der Waals surface area contributed by atoms with Crippen LogP contribution in [0, 0.1) is 0 Å². The van der Waals surface area contributed by atoms with Gasteiger partial charge in [0.25, 0.3) is 0 Å². The lowest BCUT2D eigenvalue weighted by Gasteiger charge is -2.24. The van der Waals surface area contributed by atoms with Crippen LogP contribution in [0.4, 0.5) is 5.69 Å². The third-order valence-corrected chi connectivity index (χ3v) is 4.87. The van der Waals surface area contributed by atoms with Gasteiger partial charge in [-0.3, -0.25) is 4.79 Å². The van der Waals surface area contributed by atoms with Gasteiger partial charge in [0.1, 0.15) is 0 Å². The highest BCUT2D eigenvalue weighted by atomic mass is 32.2. The molecular formula is C18H17NOS. The van der Waals surface area contributed by atoms with Crippen LogP contribution in [0.5, 0.6) is 0 Å². The number of para-hydroxylation sites is 1. The molecule has 3 heteroatoms. The van der Waals surface area contributed by atoms with Gasteiger partial charge in [0.05, 0.1) is 5.25 Å². The molecule has 1 unspecified atom stereocenters. The molecule has 0 spiro atoms. The summed E-state index contributed by atoms with van der Waals surface area (Å²) >= 11 is 1.67. The van der Waals surface area contributed by atoms with E-state index in [1.54, 1.807) is 17.8 Å². The number of benzene rings is 2. The van der Waals surface area contributed by atoms with Gasteiger partial charge in [-0.1, -0.05) is 42.5 Å². The Morgan fingerprint density at radius 2 is 1.90 bits per heavy atom. The molecule has 2 aromatic carbocycles. The van der Waals surface area contributed by atoms with Gasteiger partial charge in [0.2, 0.25) is 5.91 Å². The van der Waals surface area contributed by atoms with E-state index >= 15 is 0 Å². The maximum absolute atomic E-state index is 12.9. The monoisotopic (exact) mass is 295 g/mol. The van der Waals surface area contributed by atoms with Crippen molar-refractivity contribution in [2.24, 2.45) is 0 Å². The summed E-state index contributed by atoms with van der Waals surface area (Å²) in [5, 5.41) is -0.0393. The van der Waals surface area contributed by atoms with E-state index in [9.17, 15) is 4.79 Å². The van der Waals surface area contributed by atoms with E-state index < -0.39 is 0 Å². The fraction of sp³-hybridized carbons (Fsp3) is 0.167. The van der Waals surface area contributed by atoms with E-state index in [1.807, 2.05) is 47.4 Å². The first kappa shape index (κ1) is 14.0. The van der Waals surface area contributed by atoms with Gasteiger partial charge in [-0.2, -0.15) is 0 Å². The molecule has 0 aromatic heterocycles. The third-order valence-electron chi connectivity index (χ3n) is 3.57. The number of amides is 1. The van der Waals surface area contributed by atoms with Crippen LogP contribution < -0.4 is 4.90 Å². The number of hydrogen-bond acceptors (Lipinski definition) is 2. The molecule has 1 aliphatic rings. The molecule has 106 valence electrons. The number of carbonyl (C=O) groups is 1. The Balaban J connectivity index is 1.82. The second kappa shape index (κ2) is 6.19. The zero-order chi connectivity index (χ0) is 14.7. The summed E-state index contributed by atoms with van der Waals surface area (Å²) in [5.74, 6) is 0.155. The fourth-order valence-electron chi connectivity index (χ4n) is 2.55. The smallest absolute Gasteiger partial charge is 0.241 e. The summed E-state index contributed by atoms with van der Waals surface area (Å²) < 4.78 is 0. The van der Waals surface area contributed by atoms with Gasteiger partial charge in [-0.15, -0.1) is 18.3 Å². The van der Waals surface area contributed by atoms with Gasteiger partial charge in [0.15, 0.2) is 0 Å². The Morgan fingerprint density at radius 1 is 1.19 bits per heavy atom. The van der Waals surface area contributed by atoms with Crippen molar-refractivity contribution < 1.29 is 4.79 Å². The van der Waals surface area contributed by atoms with E-state index in [-0.39, 0.29) is 11.2 Å². The molecule has 1 aliphatic heterocycles. The number of rotatable bonds is 4. The summed E-state index contributed by atoms with van der Waals surface area (Å²) in [6, 6.07) is 18.1. The molecule has 0 N–H and O–H groups in total. The second-order valence-corrected chi connectivity index (χ2v) is 6.24. The van der Waals surface area contributed by atoms with Crippen molar-refractivity contribution in [3.05, 3.63) is 72.8 Å². The molecule has 1 heterocycles. The predicted molar refractivity (Wildman–Crippen MR) is 88.8 cm³/mol. The number of fused-ring (bicyclic) bond motifs is 1. The first-order chi connectivity index (χ1) is 10.3. The molecular weight excluding hydrogens is 278 g/mol. The zero-order valence-corrected chi connectivity index (χ0v) is 12.6. The minimum atomic E-state index is -0.0393. The van der Waals surface area contributed by atoms with Crippen molar-refractivity contribution in [3.8, 4) is 0 Å². The van der Waals surface area contributed by atoms with Crippen LogP contribution in [-0.4, -0.2) is 17.7 Å². The molecule has 0 radical (unpaired) electrons. The van der Waals surface area contributed by atoms with Crippen LogP contribution >= 0.6 is 11.8 Å². The first-order valence-electron chi connectivity index (χ1n) is 7.01. The van der Waals surface area contributed by atoms with Crippen molar-refractivity contribution in [1.82, 2.24) is 0 Å². The molecule has 1 atom stereocenters. The van der Waals surface area contributed by atoms with Gasteiger partial charge in [-0.05, 0) is 30.2 Å². The first-order valence-corrected chi connectivity index (χ1v) is 7.89. The highest BCUT2D eigenvalue weighted by molar-refractivity contribution is 8.01. The van der Waals surface area contributed by atoms with E-state index in [0.717, 1.165) is 12.1 Å². The molecule has 2 nitrogen and oxygen atoms in total. The Hall–Kier alpha value is -2.00. The van der Waals surface area contributed by atoms with Crippen LogP contribution in [0.2, 0.25) is 0 Å². The third kappa shape index (κ3) is 2.88. The fourth-order valence-corrected chi connectivity index (χ4v) is 3.81. The highest BCUT2D eigenvalue weighted by Crippen LogP contribution is 2.38. The number of hydrogen-bond donors (Lipinski definition) is 0. The standard InChI is InChI=1S/C18H17NOS/c1-2-12-19(15-9-4-3-5-10-15)18(20)17-13-14-8-6-7-11-16(14)21-17/h2-11,17H,1,12-13H2. The SMILES string of the molecule is C=CCN(C(=O)C1Cc2ccccc2S1)c1ccccc1. The lowest BCUT2D eigenvalue weighted by molar-refractivity contribution is -0.117. The van der Waals surface area contributed by atoms with Crippen LogP contribution in [-0.2, 0) is 11.2 Å². The predicted octanol–water partition coefficient (Wildman–Crippen LogP) is 3.92. The van der Waals surface area contributed by atoms with Crippen molar-refractivity contribution in [2.75, 3.05) is 11.4 Å². The number of carbonyl (C=O) groups excluding carboxylic acids is 1. The molecule has 0 aliphatic carbocycles. The normalized spacial score (nSPS) is 16.3. The number of thioether (sulfide) groups is 1. The van der Waals surface area contributed by atoms with Crippen LogP contribution in [0.3, 0.4) is 0 Å². The molecule has 21 heavy (non-hydrogen) atoms. The summed E-state index contributed by atoms with van der Waals surface area (Å²) in [6.07, 6.45) is 2.58. The van der Waals surface area contributed by atoms with Crippen molar-refractivity contribution in [3.63, 3.8) is 0 Å². The van der Waals surface area contributed by atoms with Gasteiger partial charge in [0, 0.05) is 17.1 Å². The van der Waals surface area contributed by atoms with Gasteiger partial charge in [-0.25, -0.2) is 0 Å². The Kier molecular flexibility index (Phi) is 4.11. The van der Waals surface area contributed by atoms with Crippen LogP contribution in [0.1, 0.15) is 5.56 Å². The number of nitrogens with zero attached hydrogens (tertiary/aromatic N) is 1. The minimum absolute atomic E-state index is 0.0393. The summed E-state index contributed by atoms with van der Waals surface area (Å²) in [7, 11) is 0. The van der Waals surface area contributed by atoms with E-state index in [0.29, 0.717) is 6.54 Å².